The van der Waals surface area contributed by atoms with Gasteiger partial charge in [0, 0.05) is 12.1 Å². The van der Waals surface area contributed by atoms with E-state index in [1.165, 1.54) is 11.3 Å². The normalized spacial score (nSPS) is 10.6. The average Bonchev–Trinajstić information content (AvgIpc) is 2.63. The number of hydrogen-bond acceptors (Lipinski definition) is 3. The molecule has 0 aliphatic carbocycles. The molecule has 1 heterocycles. The molecular weight excluding hydrogens is 220 g/mol. The van der Waals surface area contributed by atoms with Crippen molar-refractivity contribution < 1.29 is 4.79 Å². The molecule has 0 bridgehead atoms. The molecule has 0 atom stereocenters. The molecule has 86 valence electrons. The van der Waals surface area contributed by atoms with Gasteiger partial charge in [0.15, 0.2) is 0 Å². The Balaban J connectivity index is 3.05. The van der Waals surface area contributed by atoms with E-state index in [0.717, 1.165) is 0 Å². The number of amides is 1. The summed E-state index contributed by atoms with van der Waals surface area (Å²) in [6, 6.07) is 4.06. The minimum Gasteiger partial charge on any atom is -0.334 e. The lowest BCUT2D eigenvalue weighted by molar-refractivity contribution is 0.0644. The molecule has 0 saturated heterocycles. The summed E-state index contributed by atoms with van der Waals surface area (Å²) in [5, 5.41) is 10.7. The summed E-state index contributed by atoms with van der Waals surface area (Å²) in [6.07, 6.45) is 0. The zero-order chi connectivity index (χ0) is 12.3. The molecule has 1 rings (SSSR count). The number of carbonyl (C=O) groups is 1. The van der Waals surface area contributed by atoms with Gasteiger partial charge in [0.2, 0.25) is 0 Å². The summed E-state index contributed by atoms with van der Waals surface area (Å²) in [4.78, 5) is 14.5. The van der Waals surface area contributed by atoms with Crippen molar-refractivity contribution in [1.29, 1.82) is 5.26 Å². The van der Waals surface area contributed by atoms with Crippen LogP contribution in [0.15, 0.2) is 11.4 Å². The molecule has 1 aromatic heterocycles. The molecule has 0 aliphatic heterocycles. The Morgan fingerprint density at radius 2 is 1.94 bits per heavy atom. The second-order valence-corrected chi connectivity index (χ2v) is 5.09. The molecule has 1 aromatic rings. The maximum Gasteiger partial charge on any atom is 0.256 e. The summed E-state index contributed by atoms with van der Waals surface area (Å²) < 4.78 is 0. The summed E-state index contributed by atoms with van der Waals surface area (Å²) >= 11 is 1.31. The van der Waals surface area contributed by atoms with Crippen molar-refractivity contribution in [2.24, 2.45) is 0 Å². The van der Waals surface area contributed by atoms with Crippen LogP contribution in [0, 0.1) is 11.3 Å². The van der Waals surface area contributed by atoms with Gasteiger partial charge in [0.1, 0.15) is 10.9 Å². The molecule has 0 fully saturated rings. The highest BCUT2D eigenvalue weighted by molar-refractivity contribution is 7.10. The fourth-order valence-corrected chi connectivity index (χ4v) is 2.44. The second kappa shape index (κ2) is 5.13. The van der Waals surface area contributed by atoms with Crippen LogP contribution in [0.25, 0.3) is 0 Å². The predicted molar refractivity (Wildman–Crippen MR) is 65.5 cm³/mol. The SMILES string of the molecule is CC(C)N(C(=O)c1ccsc1C#N)C(C)C. The Morgan fingerprint density at radius 3 is 2.38 bits per heavy atom. The highest BCUT2D eigenvalue weighted by Crippen LogP contribution is 2.20. The van der Waals surface area contributed by atoms with Crippen molar-refractivity contribution in [2.45, 2.75) is 39.8 Å². The highest BCUT2D eigenvalue weighted by Gasteiger charge is 2.24. The van der Waals surface area contributed by atoms with Crippen LogP contribution in [0.2, 0.25) is 0 Å². The third kappa shape index (κ3) is 2.42. The lowest BCUT2D eigenvalue weighted by Gasteiger charge is -2.30. The largest absolute Gasteiger partial charge is 0.334 e. The van der Waals surface area contributed by atoms with Crippen LogP contribution >= 0.6 is 11.3 Å². The van der Waals surface area contributed by atoms with Gasteiger partial charge < -0.3 is 4.90 Å². The molecule has 4 heteroatoms. The maximum atomic E-state index is 12.3. The number of rotatable bonds is 3. The minimum atomic E-state index is -0.0530. The average molecular weight is 236 g/mol. The van der Waals surface area contributed by atoms with Crippen LogP contribution in [0.5, 0.6) is 0 Å². The van der Waals surface area contributed by atoms with Crippen LogP contribution in [0.1, 0.15) is 42.9 Å². The first kappa shape index (κ1) is 12.7. The quantitative estimate of drug-likeness (QED) is 0.810. The van der Waals surface area contributed by atoms with Gasteiger partial charge in [-0.05, 0) is 39.1 Å². The van der Waals surface area contributed by atoms with E-state index in [1.54, 1.807) is 16.3 Å². The van der Waals surface area contributed by atoms with Crippen LogP contribution in [-0.2, 0) is 0 Å². The summed E-state index contributed by atoms with van der Waals surface area (Å²) in [7, 11) is 0. The molecule has 0 N–H and O–H groups in total. The molecular formula is C12H16N2OS. The smallest absolute Gasteiger partial charge is 0.256 e. The van der Waals surface area contributed by atoms with Gasteiger partial charge in [-0.2, -0.15) is 5.26 Å². The van der Waals surface area contributed by atoms with Gasteiger partial charge in [-0.15, -0.1) is 11.3 Å². The van der Waals surface area contributed by atoms with Gasteiger partial charge in [-0.1, -0.05) is 0 Å². The fraction of sp³-hybridized carbons (Fsp3) is 0.500. The Bertz CT molecular complexity index is 407. The van der Waals surface area contributed by atoms with Crippen molar-refractivity contribution in [3.8, 4) is 6.07 Å². The molecule has 0 unspecified atom stereocenters. The van der Waals surface area contributed by atoms with E-state index in [4.69, 9.17) is 5.26 Å². The lowest BCUT2D eigenvalue weighted by atomic mass is 10.1. The van der Waals surface area contributed by atoms with E-state index >= 15 is 0 Å². The van der Waals surface area contributed by atoms with E-state index in [0.29, 0.717) is 10.4 Å². The van der Waals surface area contributed by atoms with Gasteiger partial charge in [0.25, 0.3) is 5.91 Å². The number of nitriles is 1. The van der Waals surface area contributed by atoms with Crippen LogP contribution in [0.3, 0.4) is 0 Å². The van der Waals surface area contributed by atoms with E-state index in [9.17, 15) is 4.79 Å². The van der Waals surface area contributed by atoms with Crippen molar-refractivity contribution in [3.05, 3.63) is 21.9 Å². The van der Waals surface area contributed by atoms with E-state index in [1.807, 2.05) is 27.7 Å². The Kier molecular flexibility index (Phi) is 4.08. The summed E-state index contributed by atoms with van der Waals surface area (Å²) in [6.45, 7) is 7.93. The Morgan fingerprint density at radius 1 is 1.38 bits per heavy atom. The van der Waals surface area contributed by atoms with Gasteiger partial charge in [-0.25, -0.2) is 0 Å². The van der Waals surface area contributed by atoms with Crippen LogP contribution in [-0.4, -0.2) is 22.9 Å². The highest BCUT2D eigenvalue weighted by atomic mass is 32.1. The Hall–Kier alpha value is -1.34. The van der Waals surface area contributed by atoms with E-state index < -0.39 is 0 Å². The second-order valence-electron chi connectivity index (χ2n) is 4.18. The molecule has 0 spiro atoms. The lowest BCUT2D eigenvalue weighted by Crippen LogP contribution is -2.42. The number of hydrogen-bond donors (Lipinski definition) is 0. The standard InChI is InChI=1S/C12H16N2OS/c1-8(2)14(9(3)4)12(15)10-5-6-16-11(10)7-13/h5-6,8-9H,1-4H3. The zero-order valence-corrected chi connectivity index (χ0v) is 10.8. The summed E-state index contributed by atoms with van der Waals surface area (Å²) in [5.41, 5.74) is 0.523. The van der Waals surface area contributed by atoms with Crippen molar-refractivity contribution in [2.75, 3.05) is 0 Å². The third-order valence-electron chi connectivity index (χ3n) is 2.34. The number of carbonyl (C=O) groups excluding carboxylic acids is 1. The third-order valence-corrected chi connectivity index (χ3v) is 3.16. The molecule has 3 nitrogen and oxygen atoms in total. The first-order valence-electron chi connectivity index (χ1n) is 5.29. The van der Waals surface area contributed by atoms with Crippen molar-refractivity contribution in [3.63, 3.8) is 0 Å². The topological polar surface area (TPSA) is 44.1 Å². The van der Waals surface area contributed by atoms with Crippen molar-refractivity contribution in [1.82, 2.24) is 4.90 Å². The molecule has 0 aliphatic rings. The van der Waals surface area contributed by atoms with Gasteiger partial charge in [0.05, 0.1) is 5.56 Å². The van der Waals surface area contributed by atoms with Crippen LogP contribution < -0.4 is 0 Å². The molecule has 0 saturated carbocycles. The van der Waals surface area contributed by atoms with Crippen molar-refractivity contribution >= 4 is 17.2 Å². The van der Waals surface area contributed by atoms with E-state index in [-0.39, 0.29) is 18.0 Å². The first-order chi connectivity index (χ1) is 7.49. The zero-order valence-electron chi connectivity index (χ0n) is 10.0. The van der Waals surface area contributed by atoms with Gasteiger partial charge >= 0.3 is 0 Å². The first-order valence-corrected chi connectivity index (χ1v) is 6.17. The monoisotopic (exact) mass is 236 g/mol. The number of thiophene rings is 1. The van der Waals surface area contributed by atoms with Crippen LogP contribution in [0.4, 0.5) is 0 Å². The molecule has 16 heavy (non-hydrogen) atoms. The predicted octanol–water partition coefficient (Wildman–Crippen LogP) is 2.88. The molecule has 0 aromatic carbocycles. The molecule has 1 amide bonds. The maximum absolute atomic E-state index is 12.3. The summed E-state index contributed by atoms with van der Waals surface area (Å²) in [5.74, 6) is -0.0530. The Labute approximate surface area is 100 Å². The fourth-order valence-electron chi connectivity index (χ4n) is 1.77. The number of nitrogens with zero attached hydrogens (tertiary/aromatic N) is 2. The minimum absolute atomic E-state index is 0.0530. The van der Waals surface area contributed by atoms with E-state index in [2.05, 4.69) is 6.07 Å². The van der Waals surface area contributed by atoms with Gasteiger partial charge in [-0.3, -0.25) is 4.79 Å². The molecule has 0 radical (unpaired) electrons.